The van der Waals surface area contributed by atoms with Crippen LogP contribution in [0.15, 0.2) is 18.2 Å². The minimum absolute atomic E-state index is 0.126. The van der Waals surface area contributed by atoms with Gasteiger partial charge in [0.15, 0.2) is 11.5 Å². The first-order valence-corrected chi connectivity index (χ1v) is 4.50. The van der Waals surface area contributed by atoms with Crippen molar-refractivity contribution in [1.29, 1.82) is 0 Å². The van der Waals surface area contributed by atoms with E-state index in [1.807, 2.05) is 0 Å². The lowest BCUT2D eigenvalue weighted by Gasteiger charge is -2.04. The summed E-state index contributed by atoms with van der Waals surface area (Å²) in [5.41, 5.74) is 4.85. The van der Waals surface area contributed by atoms with Crippen LogP contribution < -0.4 is 11.1 Å². The van der Waals surface area contributed by atoms with Crippen LogP contribution in [0.1, 0.15) is 10.5 Å². The predicted octanol–water partition coefficient (Wildman–Crippen LogP) is 0.917. The summed E-state index contributed by atoms with van der Waals surface area (Å²) in [5.74, 6) is -2.34. The highest BCUT2D eigenvalue weighted by Crippen LogP contribution is 2.16. The number of nitrogens with two attached hydrogens (primary N) is 1. The zero-order chi connectivity index (χ0) is 12.4. The quantitative estimate of drug-likeness (QED) is 0.725. The molecule has 0 aliphatic rings. The molecule has 0 unspecified atom stereocenters. The number of carbonyl (C=O) groups excluding carboxylic acids is 1. The van der Waals surface area contributed by atoms with Crippen LogP contribution in [0.2, 0.25) is 0 Å². The molecule has 2 rings (SSSR count). The van der Waals surface area contributed by atoms with Gasteiger partial charge in [-0.1, -0.05) is 0 Å². The largest absolute Gasteiger partial charge is 0.380 e. The molecule has 8 heteroatoms. The first-order chi connectivity index (χ1) is 8.08. The Hall–Kier alpha value is -2.51. The Bertz CT molecular complexity index is 568. The standard InChI is InChI=1S/C9H7F2N5O/c10-4-1-2-5(11)6(3-4)13-9(17)7-8(12)15-16-14-7/h1-3H,(H,13,17)(H3,12,14,15,16). The van der Waals surface area contributed by atoms with E-state index in [2.05, 4.69) is 20.7 Å². The molecule has 2 aromatic rings. The molecule has 0 aliphatic carbocycles. The van der Waals surface area contributed by atoms with E-state index < -0.39 is 17.5 Å². The molecule has 17 heavy (non-hydrogen) atoms. The number of amides is 1. The minimum Gasteiger partial charge on any atom is -0.380 e. The Balaban J connectivity index is 2.24. The van der Waals surface area contributed by atoms with Crippen LogP contribution in [-0.2, 0) is 0 Å². The molecule has 88 valence electrons. The second-order valence-corrected chi connectivity index (χ2v) is 3.14. The van der Waals surface area contributed by atoms with Crippen molar-refractivity contribution in [2.45, 2.75) is 0 Å². The monoisotopic (exact) mass is 239 g/mol. The number of rotatable bonds is 2. The Morgan fingerprint density at radius 3 is 2.76 bits per heavy atom. The smallest absolute Gasteiger partial charge is 0.280 e. The lowest BCUT2D eigenvalue weighted by Crippen LogP contribution is -2.15. The molecule has 0 fully saturated rings. The third kappa shape index (κ3) is 2.19. The topological polar surface area (TPSA) is 96.7 Å². The number of benzene rings is 1. The molecule has 0 radical (unpaired) electrons. The number of nitrogen functional groups attached to an aromatic ring is 1. The molecule has 1 heterocycles. The van der Waals surface area contributed by atoms with Gasteiger partial charge in [-0.15, -0.1) is 10.2 Å². The number of nitrogens with zero attached hydrogens (tertiary/aromatic N) is 2. The van der Waals surface area contributed by atoms with Crippen molar-refractivity contribution < 1.29 is 13.6 Å². The number of nitrogens with one attached hydrogen (secondary N) is 2. The van der Waals surface area contributed by atoms with Gasteiger partial charge in [0, 0.05) is 6.07 Å². The summed E-state index contributed by atoms with van der Waals surface area (Å²) in [6.45, 7) is 0. The van der Waals surface area contributed by atoms with E-state index in [-0.39, 0.29) is 17.2 Å². The lowest BCUT2D eigenvalue weighted by molar-refractivity contribution is 0.102. The third-order valence-electron chi connectivity index (χ3n) is 1.97. The Kier molecular flexibility index (Phi) is 2.69. The van der Waals surface area contributed by atoms with Gasteiger partial charge in [-0.3, -0.25) is 4.79 Å². The van der Waals surface area contributed by atoms with Gasteiger partial charge in [0.05, 0.1) is 5.69 Å². The number of aromatic nitrogens is 3. The van der Waals surface area contributed by atoms with Gasteiger partial charge in [0.1, 0.15) is 11.6 Å². The van der Waals surface area contributed by atoms with Gasteiger partial charge < -0.3 is 11.1 Å². The lowest BCUT2D eigenvalue weighted by atomic mass is 10.3. The number of H-pyrrole nitrogens is 1. The maximum absolute atomic E-state index is 13.2. The van der Waals surface area contributed by atoms with E-state index in [1.54, 1.807) is 0 Å². The van der Waals surface area contributed by atoms with Crippen LogP contribution in [0.5, 0.6) is 0 Å². The molecule has 0 saturated heterocycles. The van der Waals surface area contributed by atoms with Crippen molar-refractivity contribution in [3.05, 3.63) is 35.5 Å². The molecular weight excluding hydrogens is 232 g/mol. The van der Waals surface area contributed by atoms with Crippen LogP contribution in [-0.4, -0.2) is 21.3 Å². The SMILES string of the molecule is Nc1n[nH]nc1C(=O)Nc1cc(F)ccc1F. The van der Waals surface area contributed by atoms with Crippen molar-refractivity contribution in [2.75, 3.05) is 11.1 Å². The van der Waals surface area contributed by atoms with Crippen molar-refractivity contribution in [3.8, 4) is 0 Å². The summed E-state index contributed by atoms with van der Waals surface area (Å²) in [6, 6.07) is 2.69. The van der Waals surface area contributed by atoms with Crippen LogP contribution in [0.25, 0.3) is 0 Å². The fraction of sp³-hybridized carbons (Fsp3) is 0. The zero-order valence-electron chi connectivity index (χ0n) is 8.37. The fourth-order valence-electron chi connectivity index (χ4n) is 1.18. The Labute approximate surface area is 93.8 Å². The maximum Gasteiger partial charge on any atom is 0.280 e. The van der Waals surface area contributed by atoms with E-state index in [1.165, 1.54) is 0 Å². The van der Waals surface area contributed by atoms with E-state index >= 15 is 0 Å². The summed E-state index contributed by atoms with van der Waals surface area (Å²) < 4.78 is 26.1. The van der Waals surface area contributed by atoms with Gasteiger partial charge >= 0.3 is 0 Å². The molecular formula is C9H7F2N5O. The van der Waals surface area contributed by atoms with Gasteiger partial charge in [-0.2, -0.15) is 5.21 Å². The maximum atomic E-state index is 13.2. The number of carbonyl (C=O) groups is 1. The van der Waals surface area contributed by atoms with Gasteiger partial charge in [-0.05, 0) is 12.1 Å². The molecule has 1 aromatic heterocycles. The highest BCUT2D eigenvalue weighted by molar-refractivity contribution is 6.05. The number of hydrogen-bond donors (Lipinski definition) is 3. The molecule has 0 spiro atoms. The number of anilines is 2. The van der Waals surface area contributed by atoms with Gasteiger partial charge in [0.25, 0.3) is 5.91 Å². The summed E-state index contributed by atoms with van der Waals surface area (Å²) >= 11 is 0. The molecule has 4 N–H and O–H groups in total. The summed E-state index contributed by atoms with van der Waals surface area (Å²) in [6.07, 6.45) is 0. The van der Waals surface area contributed by atoms with Crippen molar-refractivity contribution >= 4 is 17.4 Å². The predicted molar refractivity (Wildman–Crippen MR) is 55.1 cm³/mol. The van der Waals surface area contributed by atoms with Crippen LogP contribution >= 0.6 is 0 Å². The Morgan fingerprint density at radius 1 is 1.35 bits per heavy atom. The summed E-state index contributed by atoms with van der Waals surface area (Å²) in [5, 5.41) is 11.2. The van der Waals surface area contributed by atoms with Gasteiger partial charge in [0.2, 0.25) is 0 Å². The molecule has 0 saturated carbocycles. The number of hydrogen-bond acceptors (Lipinski definition) is 4. The molecule has 1 amide bonds. The fourth-order valence-corrected chi connectivity index (χ4v) is 1.18. The molecule has 1 aromatic carbocycles. The average molecular weight is 239 g/mol. The number of aromatic amines is 1. The van der Waals surface area contributed by atoms with Crippen LogP contribution in [0, 0.1) is 11.6 Å². The van der Waals surface area contributed by atoms with E-state index in [9.17, 15) is 13.6 Å². The minimum atomic E-state index is -0.777. The highest BCUT2D eigenvalue weighted by Gasteiger charge is 2.16. The summed E-state index contributed by atoms with van der Waals surface area (Å²) in [7, 11) is 0. The average Bonchev–Trinajstić information content (AvgIpc) is 2.70. The second-order valence-electron chi connectivity index (χ2n) is 3.14. The van der Waals surface area contributed by atoms with Crippen LogP contribution in [0.4, 0.5) is 20.3 Å². The van der Waals surface area contributed by atoms with Crippen molar-refractivity contribution in [1.82, 2.24) is 15.4 Å². The highest BCUT2D eigenvalue weighted by atomic mass is 19.1. The van der Waals surface area contributed by atoms with Gasteiger partial charge in [-0.25, -0.2) is 8.78 Å². The normalized spacial score (nSPS) is 10.2. The molecule has 0 aliphatic heterocycles. The van der Waals surface area contributed by atoms with Crippen molar-refractivity contribution in [3.63, 3.8) is 0 Å². The van der Waals surface area contributed by atoms with Crippen LogP contribution in [0.3, 0.4) is 0 Å². The first kappa shape index (κ1) is 11.0. The molecule has 0 atom stereocenters. The number of halogens is 2. The van der Waals surface area contributed by atoms with E-state index in [0.717, 1.165) is 18.2 Å². The third-order valence-corrected chi connectivity index (χ3v) is 1.97. The summed E-state index contributed by atoms with van der Waals surface area (Å²) in [4.78, 5) is 11.6. The zero-order valence-corrected chi connectivity index (χ0v) is 8.37. The second kappa shape index (κ2) is 4.16. The van der Waals surface area contributed by atoms with E-state index in [4.69, 9.17) is 5.73 Å². The van der Waals surface area contributed by atoms with Crippen molar-refractivity contribution in [2.24, 2.45) is 0 Å². The van der Waals surface area contributed by atoms with E-state index in [0.29, 0.717) is 0 Å². The Morgan fingerprint density at radius 2 is 2.12 bits per heavy atom. The first-order valence-electron chi connectivity index (χ1n) is 4.50. The molecule has 0 bridgehead atoms. The molecule has 6 nitrogen and oxygen atoms in total.